The molecule has 0 aromatic carbocycles. The molecule has 6 heteroatoms. The fraction of sp³-hybridized carbons (Fsp3) is 0.533. The summed E-state index contributed by atoms with van der Waals surface area (Å²) in [5, 5.41) is 7.70. The largest absolute Gasteiger partial charge is 0.370 e. The number of rotatable bonds is 5. The van der Waals surface area contributed by atoms with Crippen molar-refractivity contribution >= 4 is 5.82 Å². The van der Waals surface area contributed by atoms with E-state index >= 15 is 0 Å². The van der Waals surface area contributed by atoms with E-state index in [2.05, 4.69) is 22.3 Å². The number of anilines is 1. The fourth-order valence-corrected chi connectivity index (χ4v) is 2.62. The van der Waals surface area contributed by atoms with Crippen LogP contribution in [0.2, 0.25) is 0 Å². The highest BCUT2D eigenvalue weighted by atomic mass is 16.2. The number of pyridine rings is 1. The van der Waals surface area contributed by atoms with Crippen LogP contribution in [0.15, 0.2) is 23.0 Å². The van der Waals surface area contributed by atoms with E-state index in [0.29, 0.717) is 6.54 Å². The van der Waals surface area contributed by atoms with Gasteiger partial charge in [0, 0.05) is 19.5 Å². The van der Waals surface area contributed by atoms with Crippen LogP contribution in [0.3, 0.4) is 0 Å². The number of nitrogens with zero attached hydrogens (tertiary/aromatic N) is 4. The summed E-state index contributed by atoms with van der Waals surface area (Å²) in [5.41, 5.74) is 0.840. The number of aromatic nitrogens is 4. The monoisotopic (exact) mass is 287 g/mol. The van der Waals surface area contributed by atoms with Gasteiger partial charge in [0.2, 0.25) is 0 Å². The molecule has 0 saturated carbocycles. The summed E-state index contributed by atoms with van der Waals surface area (Å²) in [5.74, 6) is 1.76. The summed E-state index contributed by atoms with van der Waals surface area (Å²) in [6.07, 6.45) is 4.13. The molecular formula is C15H21N5O. The van der Waals surface area contributed by atoms with Crippen molar-refractivity contribution in [3.63, 3.8) is 0 Å². The van der Waals surface area contributed by atoms with Crippen molar-refractivity contribution < 1.29 is 0 Å². The van der Waals surface area contributed by atoms with E-state index in [9.17, 15) is 4.79 Å². The summed E-state index contributed by atoms with van der Waals surface area (Å²) in [4.78, 5) is 16.8. The lowest BCUT2D eigenvalue weighted by Gasteiger charge is -2.09. The van der Waals surface area contributed by atoms with Crippen LogP contribution in [-0.4, -0.2) is 25.9 Å². The van der Waals surface area contributed by atoms with Crippen LogP contribution in [0.5, 0.6) is 0 Å². The zero-order chi connectivity index (χ0) is 14.7. The minimum atomic E-state index is -0.0154. The summed E-state index contributed by atoms with van der Waals surface area (Å²) in [7, 11) is 0. The van der Waals surface area contributed by atoms with Gasteiger partial charge in [-0.15, -0.1) is 0 Å². The van der Waals surface area contributed by atoms with Gasteiger partial charge in [0.15, 0.2) is 0 Å². The molecule has 21 heavy (non-hydrogen) atoms. The third-order valence-corrected chi connectivity index (χ3v) is 3.71. The lowest BCUT2D eigenvalue weighted by molar-refractivity contribution is 0.511. The Morgan fingerprint density at radius 2 is 2.24 bits per heavy atom. The summed E-state index contributed by atoms with van der Waals surface area (Å²) in [6, 6.07) is 5.84. The van der Waals surface area contributed by atoms with Gasteiger partial charge in [0.25, 0.3) is 0 Å². The van der Waals surface area contributed by atoms with E-state index in [0.717, 1.165) is 56.1 Å². The molecule has 3 heterocycles. The highest BCUT2D eigenvalue weighted by Gasteiger charge is 2.16. The van der Waals surface area contributed by atoms with E-state index in [1.807, 2.05) is 18.2 Å². The van der Waals surface area contributed by atoms with E-state index < -0.39 is 0 Å². The molecule has 1 N–H and O–H groups in total. The Balaban J connectivity index is 1.80. The molecule has 2 aromatic rings. The van der Waals surface area contributed by atoms with Crippen LogP contribution in [0.25, 0.3) is 0 Å². The van der Waals surface area contributed by atoms with Gasteiger partial charge in [-0.05, 0) is 31.4 Å². The first-order valence-corrected chi connectivity index (χ1v) is 7.64. The summed E-state index contributed by atoms with van der Waals surface area (Å²) in [6.45, 7) is 4.24. The van der Waals surface area contributed by atoms with Gasteiger partial charge in [0.1, 0.15) is 11.6 Å². The Hall–Kier alpha value is -2.11. The van der Waals surface area contributed by atoms with Gasteiger partial charge in [-0.3, -0.25) is 4.57 Å². The fourth-order valence-electron chi connectivity index (χ4n) is 2.62. The molecule has 0 unspecified atom stereocenters. The molecule has 2 aromatic heterocycles. The molecule has 6 nitrogen and oxygen atoms in total. The smallest absolute Gasteiger partial charge is 0.346 e. The molecule has 3 rings (SSSR count). The van der Waals surface area contributed by atoms with Gasteiger partial charge in [-0.1, -0.05) is 13.0 Å². The van der Waals surface area contributed by atoms with Gasteiger partial charge >= 0.3 is 5.69 Å². The standard InChI is InChI=1S/C15H21N5O/c1-2-9-16-13-7-5-6-12(17-13)11-20-15(21)19-10-4-3-8-14(19)18-20/h5-7H,2-4,8-11H2,1H3,(H,16,17). The molecule has 112 valence electrons. The highest BCUT2D eigenvalue weighted by Crippen LogP contribution is 2.10. The Morgan fingerprint density at radius 3 is 3.05 bits per heavy atom. The van der Waals surface area contributed by atoms with Crippen molar-refractivity contribution in [1.29, 1.82) is 0 Å². The maximum Gasteiger partial charge on any atom is 0.346 e. The SMILES string of the molecule is CCCNc1cccc(Cn2nc3n(c2=O)CCCC3)n1. The predicted molar refractivity (Wildman–Crippen MR) is 81.5 cm³/mol. The molecule has 0 radical (unpaired) electrons. The molecule has 0 saturated heterocycles. The van der Waals surface area contributed by atoms with Crippen molar-refractivity contribution in [1.82, 2.24) is 19.3 Å². The maximum atomic E-state index is 12.3. The van der Waals surface area contributed by atoms with Crippen molar-refractivity contribution in [2.75, 3.05) is 11.9 Å². The average molecular weight is 287 g/mol. The van der Waals surface area contributed by atoms with Crippen LogP contribution in [0.4, 0.5) is 5.82 Å². The Bertz CT molecular complexity index is 673. The summed E-state index contributed by atoms with van der Waals surface area (Å²) >= 11 is 0. The topological polar surface area (TPSA) is 64.7 Å². The lowest BCUT2D eigenvalue weighted by atomic mass is 10.2. The second-order valence-electron chi connectivity index (χ2n) is 5.41. The van der Waals surface area contributed by atoms with Gasteiger partial charge in [-0.25, -0.2) is 14.5 Å². The Morgan fingerprint density at radius 1 is 1.33 bits per heavy atom. The minimum Gasteiger partial charge on any atom is -0.370 e. The minimum absolute atomic E-state index is 0.0154. The van der Waals surface area contributed by atoms with E-state index in [1.165, 1.54) is 4.68 Å². The van der Waals surface area contributed by atoms with Crippen LogP contribution >= 0.6 is 0 Å². The lowest BCUT2D eigenvalue weighted by Crippen LogP contribution is -2.27. The molecule has 0 atom stereocenters. The first-order valence-electron chi connectivity index (χ1n) is 7.64. The van der Waals surface area contributed by atoms with Crippen molar-refractivity contribution in [2.45, 2.75) is 45.7 Å². The van der Waals surface area contributed by atoms with Crippen LogP contribution < -0.4 is 11.0 Å². The van der Waals surface area contributed by atoms with E-state index in [4.69, 9.17) is 0 Å². The van der Waals surface area contributed by atoms with Gasteiger partial charge < -0.3 is 5.32 Å². The molecule has 0 amide bonds. The third-order valence-electron chi connectivity index (χ3n) is 3.71. The number of hydrogen-bond acceptors (Lipinski definition) is 4. The van der Waals surface area contributed by atoms with Gasteiger partial charge in [0.05, 0.1) is 12.2 Å². The normalized spacial score (nSPS) is 14.0. The second kappa shape index (κ2) is 6.11. The molecule has 0 aliphatic carbocycles. The Kier molecular flexibility index (Phi) is 4.03. The number of aryl methyl sites for hydroxylation is 1. The molecular weight excluding hydrogens is 266 g/mol. The predicted octanol–water partition coefficient (Wildman–Crippen LogP) is 1.65. The van der Waals surface area contributed by atoms with Crippen molar-refractivity contribution in [3.05, 3.63) is 40.2 Å². The first kappa shape index (κ1) is 13.9. The van der Waals surface area contributed by atoms with Crippen molar-refractivity contribution in [2.24, 2.45) is 0 Å². The van der Waals surface area contributed by atoms with E-state index in [-0.39, 0.29) is 5.69 Å². The zero-order valence-electron chi connectivity index (χ0n) is 12.4. The number of hydrogen-bond donors (Lipinski definition) is 1. The summed E-state index contributed by atoms with van der Waals surface area (Å²) < 4.78 is 3.33. The van der Waals surface area contributed by atoms with E-state index in [1.54, 1.807) is 4.57 Å². The number of fused-ring (bicyclic) bond motifs is 1. The molecule has 1 aliphatic heterocycles. The quantitative estimate of drug-likeness (QED) is 0.908. The van der Waals surface area contributed by atoms with Crippen molar-refractivity contribution in [3.8, 4) is 0 Å². The maximum absolute atomic E-state index is 12.3. The third kappa shape index (κ3) is 2.99. The molecule has 0 bridgehead atoms. The second-order valence-corrected chi connectivity index (χ2v) is 5.41. The first-order chi connectivity index (χ1) is 10.3. The zero-order valence-corrected chi connectivity index (χ0v) is 12.4. The van der Waals surface area contributed by atoms with Crippen LogP contribution in [0.1, 0.15) is 37.7 Å². The average Bonchev–Trinajstić information content (AvgIpc) is 2.82. The van der Waals surface area contributed by atoms with Crippen LogP contribution in [0, 0.1) is 0 Å². The Labute approximate surface area is 123 Å². The van der Waals surface area contributed by atoms with Crippen LogP contribution in [-0.2, 0) is 19.5 Å². The molecule has 0 fully saturated rings. The highest BCUT2D eigenvalue weighted by molar-refractivity contribution is 5.35. The van der Waals surface area contributed by atoms with Gasteiger partial charge in [-0.2, -0.15) is 5.10 Å². The molecule has 1 aliphatic rings. The molecule has 0 spiro atoms. The number of nitrogens with one attached hydrogen (secondary N) is 1.